The fraction of sp³-hybridized carbons (Fsp3) is 0. The molecular weight excluding hydrogens is 340 g/mol. The Bertz CT molecular complexity index is 792. The average molecular weight is 350 g/mol. The number of nitrogens with two attached hydrogens (primary N) is 1. The number of hydrogen-bond acceptors (Lipinski definition) is 3. The van der Waals surface area contributed by atoms with E-state index >= 15 is 0 Å². The van der Waals surface area contributed by atoms with E-state index in [4.69, 9.17) is 22.1 Å². The lowest BCUT2D eigenvalue weighted by molar-refractivity contribution is 0.488. The van der Waals surface area contributed by atoms with Crippen LogP contribution in [0, 0.1) is 0 Å². The second kappa shape index (κ2) is 5.31. The summed E-state index contributed by atoms with van der Waals surface area (Å²) in [6.07, 6.45) is 3.43. The number of halogens is 2. The highest BCUT2D eigenvalue weighted by atomic mass is 79.9. The van der Waals surface area contributed by atoms with Crippen molar-refractivity contribution in [2.45, 2.75) is 0 Å². The Kier molecular flexibility index (Phi) is 3.51. The van der Waals surface area contributed by atoms with Crippen molar-refractivity contribution in [3.63, 3.8) is 0 Å². The molecule has 0 amide bonds. The molecule has 1 heterocycles. The van der Waals surface area contributed by atoms with Crippen molar-refractivity contribution in [3.05, 3.63) is 58.3 Å². The van der Waals surface area contributed by atoms with E-state index in [1.165, 1.54) is 0 Å². The van der Waals surface area contributed by atoms with Gasteiger partial charge >= 0.3 is 0 Å². The minimum absolute atomic E-state index is 0.548. The van der Waals surface area contributed by atoms with Crippen LogP contribution in [-0.2, 0) is 0 Å². The van der Waals surface area contributed by atoms with Crippen LogP contribution >= 0.6 is 27.5 Å². The lowest BCUT2D eigenvalue weighted by Crippen LogP contribution is -1.92. The largest absolute Gasteiger partial charge is 0.455 e. The maximum Gasteiger partial charge on any atom is 0.147 e. The summed E-state index contributed by atoms with van der Waals surface area (Å²) in [6.45, 7) is 0. The van der Waals surface area contributed by atoms with Gasteiger partial charge in [-0.05, 0) is 36.4 Å². The molecule has 0 saturated carbocycles. The van der Waals surface area contributed by atoms with E-state index in [2.05, 4.69) is 20.9 Å². The molecule has 0 aliphatic carbocycles. The standard InChI is InChI=1S/C15H10BrClN2O/c16-9-1-2-12(17)15(7-9)20-14-4-3-13(18)11-8-19-6-5-10(11)14/h1-8H,18H2. The highest BCUT2D eigenvalue weighted by molar-refractivity contribution is 9.10. The maximum absolute atomic E-state index is 6.15. The first kappa shape index (κ1) is 13.2. The predicted molar refractivity (Wildman–Crippen MR) is 85.4 cm³/mol. The number of aromatic nitrogens is 1. The first-order valence-electron chi connectivity index (χ1n) is 5.90. The van der Waals surface area contributed by atoms with Gasteiger partial charge in [-0.15, -0.1) is 0 Å². The van der Waals surface area contributed by atoms with E-state index in [0.29, 0.717) is 22.2 Å². The summed E-state index contributed by atoms with van der Waals surface area (Å²) in [5, 5.41) is 2.30. The van der Waals surface area contributed by atoms with Crippen molar-refractivity contribution in [1.82, 2.24) is 4.98 Å². The third-order valence-corrected chi connectivity index (χ3v) is 3.73. The molecule has 2 aromatic carbocycles. The molecule has 3 rings (SSSR count). The van der Waals surface area contributed by atoms with Gasteiger partial charge in [-0.25, -0.2) is 0 Å². The highest BCUT2D eigenvalue weighted by Gasteiger charge is 2.09. The first-order valence-corrected chi connectivity index (χ1v) is 7.07. The number of benzene rings is 2. The average Bonchev–Trinajstić information content (AvgIpc) is 2.46. The topological polar surface area (TPSA) is 48.1 Å². The third kappa shape index (κ3) is 2.44. The summed E-state index contributed by atoms with van der Waals surface area (Å²) in [5.74, 6) is 1.28. The number of nitrogen functional groups attached to an aromatic ring is 1. The van der Waals surface area contributed by atoms with Gasteiger partial charge in [-0.1, -0.05) is 27.5 Å². The Labute approximate surface area is 129 Å². The number of rotatable bonds is 2. The molecule has 0 radical (unpaired) electrons. The summed E-state index contributed by atoms with van der Waals surface area (Å²) in [7, 11) is 0. The van der Waals surface area contributed by atoms with E-state index < -0.39 is 0 Å². The number of anilines is 1. The Morgan fingerprint density at radius 3 is 2.75 bits per heavy atom. The second-order valence-corrected chi connectivity index (χ2v) is 5.57. The number of fused-ring (bicyclic) bond motifs is 1. The summed E-state index contributed by atoms with van der Waals surface area (Å²) < 4.78 is 6.81. The molecule has 2 N–H and O–H groups in total. The van der Waals surface area contributed by atoms with Crippen LogP contribution in [0.3, 0.4) is 0 Å². The molecule has 3 aromatic rings. The molecule has 0 atom stereocenters. The van der Waals surface area contributed by atoms with E-state index in [1.807, 2.05) is 24.3 Å². The van der Waals surface area contributed by atoms with Gasteiger partial charge in [0.1, 0.15) is 11.5 Å². The maximum atomic E-state index is 6.15. The van der Waals surface area contributed by atoms with Crippen molar-refractivity contribution in [2.24, 2.45) is 0 Å². The van der Waals surface area contributed by atoms with E-state index in [1.54, 1.807) is 24.5 Å². The zero-order valence-electron chi connectivity index (χ0n) is 10.3. The Morgan fingerprint density at radius 1 is 1.05 bits per heavy atom. The monoisotopic (exact) mass is 348 g/mol. The first-order chi connectivity index (χ1) is 9.65. The van der Waals surface area contributed by atoms with Crippen LogP contribution in [0.15, 0.2) is 53.3 Å². The summed E-state index contributed by atoms with van der Waals surface area (Å²) >= 11 is 9.55. The third-order valence-electron chi connectivity index (χ3n) is 2.92. The summed E-state index contributed by atoms with van der Waals surface area (Å²) in [5.41, 5.74) is 6.61. The molecular formula is C15H10BrClN2O. The van der Waals surface area contributed by atoms with Crippen LogP contribution in [0.2, 0.25) is 5.02 Å². The molecule has 0 aliphatic rings. The van der Waals surface area contributed by atoms with Gasteiger partial charge in [0.2, 0.25) is 0 Å². The normalized spacial score (nSPS) is 10.7. The van der Waals surface area contributed by atoms with Crippen LogP contribution in [-0.4, -0.2) is 4.98 Å². The van der Waals surface area contributed by atoms with Crippen molar-refractivity contribution in [3.8, 4) is 11.5 Å². The van der Waals surface area contributed by atoms with Crippen molar-refractivity contribution in [2.75, 3.05) is 5.73 Å². The van der Waals surface area contributed by atoms with Crippen LogP contribution in [0.25, 0.3) is 10.8 Å². The minimum atomic E-state index is 0.548. The number of ether oxygens (including phenoxy) is 1. The molecule has 0 saturated heterocycles. The zero-order valence-corrected chi connectivity index (χ0v) is 12.6. The fourth-order valence-electron chi connectivity index (χ4n) is 1.95. The van der Waals surface area contributed by atoms with Gasteiger partial charge in [0.05, 0.1) is 5.02 Å². The van der Waals surface area contributed by atoms with Crippen molar-refractivity contribution in [1.29, 1.82) is 0 Å². The fourth-order valence-corrected chi connectivity index (χ4v) is 2.44. The van der Waals surface area contributed by atoms with Crippen LogP contribution < -0.4 is 10.5 Å². The molecule has 0 bridgehead atoms. The minimum Gasteiger partial charge on any atom is -0.455 e. The lowest BCUT2D eigenvalue weighted by Gasteiger charge is -2.11. The van der Waals surface area contributed by atoms with Gasteiger partial charge in [-0.2, -0.15) is 0 Å². The molecule has 0 unspecified atom stereocenters. The number of pyridine rings is 1. The lowest BCUT2D eigenvalue weighted by atomic mass is 10.1. The van der Waals surface area contributed by atoms with Crippen molar-refractivity contribution < 1.29 is 4.74 Å². The molecule has 0 spiro atoms. The Balaban J connectivity index is 2.11. The van der Waals surface area contributed by atoms with E-state index in [0.717, 1.165) is 15.2 Å². The molecule has 0 fully saturated rings. The van der Waals surface area contributed by atoms with Crippen molar-refractivity contribution >= 4 is 44.0 Å². The van der Waals surface area contributed by atoms with E-state index in [-0.39, 0.29) is 0 Å². The molecule has 0 aliphatic heterocycles. The summed E-state index contributed by atoms with van der Waals surface area (Å²) in [4.78, 5) is 4.08. The van der Waals surface area contributed by atoms with Gasteiger partial charge in [0, 0.05) is 33.3 Å². The molecule has 1 aromatic heterocycles. The van der Waals surface area contributed by atoms with Gasteiger partial charge in [-0.3, -0.25) is 4.98 Å². The Hall–Kier alpha value is -1.78. The Morgan fingerprint density at radius 2 is 1.90 bits per heavy atom. The molecule has 5 heteroatoms. The molecule has 20 heavy (non-hydrogen) atoms. The van der Waals surface area contributed by atoms with Gasteiger partial charge in [0.15, 0.2) is 0 Å². The zero-order chi connectivity index (χ0) is 14.1. The number of hydrogen-bond donors (Lipinski definition) is 1. The smallest absolute Gasteiger partial charge is 0.147 e. The van der Waals surface area contributed by atoms with E-state index in [9.17, 15) is 0 Å². The van der Waals surface area contributed by atoms with Crippen LogP contribution in [0.5, 0.6) is 11.5 Å². The second-order valence-electron chi connectivity index (χ2n) is 4.25. The van der Waals surface area contributed by atoms with Crippen LogP contribution in [0.1, 0.15) is 0 Å². The van der Waals surface area contributed by atoms with Gasteiger partial charge < -0.3 is 10.5 Å². The van der Waals surface area contributed by atoms with Gasteiger partial charge in [0.25, 0.3) is 0 Å². The van der Waals surface area contributed by atoms with Crippen LogP contribution in [0.4, 0.5) is 5.69 Å². The predicted octanol–water partition coefficient (Wildman–Crippen LogP) is 5.03. The quantitative estimate of drug-likeness (QED) is 0.660. The SMILES string of the molecule is Nc1ccc(Oc2cc(Br)ccc2Cl)c2ccncc12. The summed E-state index contributed by atoms with van der Waals surface area (Å²) in [6, 6.07) is 11.0. The molecule has 3 nitrogen and oxygen atoms in total. The number of nitrogens with zero attached hydrogens (tertiary/aromatic N) is 1. The highest BCUT2D eigenvalue weighted by Crippen LogP contribution is 2.36. The molecule has 100 valence electrons.